The van der Waals surface area contributed by atoms with Gasteiger partial charge in [0.25, 0.3) is 10.0 Å². The van der Waals surface area contributed by atoms with E-state index in [9.17, 15) is 13.2 Å². The number of nitrogens with zero attached hydrogens (tertiary/aromatic N) is 1. The maximum atomic E-state index is 13.2. The topological polar surface area (TPSA) is 66.5 Å². The number of nitrogens with one attached hydrogen (secondary N) is 1. The van der Waals surface area contributed by atoms with Gasteiger partial charge in [-0.1, -0.05) is 38.1 Å². The lowest BCUT2D eigenvalue weighted by atomic mass is 9.99. The first-order valence-electron chi connectivity index (χ1n) is 8.92. The Morgan fingerprint density at radius 1 is 1.12 bits per heavy atom. The molecule has 1 aliphatic rings. The number of amides is 1. The van der Waals surface area contributed by atoms with Gasteiger partial charge < -0.3 is 5.32 Å². The average Bonchev–Trinajstić information content (AvgIpc) is 2.64. The van der Waals surface area contributed by atoms with Crippen LogP contribution in [0.5, 0.6) is 0 Å². The number of hydrogen-bond acceptors (Lipinski definition) is 3. The summed E-state index contributed by atoms with van der Waals surface area (Å²) in [6, 6.07) is 12.7. The molecule has 1 N–H and O–H groups in total. The minimum atomic E-state index is -3.78. The summed E-state index contributed by atoms with van der Waals surface area (Å²) in [5.74, 6) is -0.298. The quantitative estimate of drug-likeness (QED) is 0.875. The normalized spacial score (nSPS) is 15.7. The van der Waals surface area contributed by atoms with Crippen LogP contribution in [0.25, 0.3) is 11.1 Å². The van der Waals surface area contributed by atoms with Crippen molar-refractivity contribution in [2.24, 2.45) is 0 Å². The second-order valence-electron chi connectivity index (χ2n) is 6.59. The predicted molar refractivity (Wildman–Crippen MR) is 104 cm³/mol. The van der Waals surface area contributed by atoms with Crippen molar-refractivity contribution in [3.8, 4) is 11.1 Å². The van der Waals surface area contributed by atoms with Gasteiger partial charge in [-0.05, 0) is 43.5 Å². The van der Waals surface area contributed by atoms with Crippen LogP contribution in [-0.4, -0.2) is 26.9 Å². The summed E-state index contributed by atoms with van der Waals surface area (Å²) in [7, 11) is -3.78. The van der Waals surface area contributed by atoms with E-state index in [1.807, 2.05) is 38.1 Å². The highest BCUT2D eigenvalue weighted by molar-refractivity contribution is 7.93. The van der Waals surface area contributed by atoms with Crippen LogP contribution in [0.15, 0.2) is 47.4 Å². The number of hydrogen-bond donors (Lipinski definition) is 1. The fourth-order valence-electron chi connectivity index (χ4n) is 3.12. The van der Waals surface area contributed by atoms with E-state index in [1.54, 1.807) is 18.2 Å². The lowest BCUT2D eigenvalue weighted by Gasteiger charge is -2.32. The van der Waals surface area contributed by atoms with E-state index in [-0.39, 0.29) is 23.4 Å². The molecule has 0 saturated heterocycles. The molecule has 0 unspecified atom stereocenters. The number of carbonyl (C=O) groups excluding carboxylic acids is 1. The van der Waals surface area contributed by atoms with Gasteiger partial charge in [0.15, 0.2) is 0 Å². The highest BCUT2D eigenvalue weighted by atomic mass is 32.2. The van der Waals surface area contributed by atoms with E-state index in [1.165, 1.54) is 4.31 Å². The van der Waals surface area contributed by atoms with Crippen molar-refractivity contribution in [3.05, 3.63) is 48.0 Å². The lowest BCUT2D eigenvalue weighted by molar-refractivity contribution is -0.120. The molecule has 0 saturated carbocycles. The van der Waals surface area contributed by atoms with Gasteiger partial charge in [0.2, 0.25) is 5.91 Å². The molecule has 0 bridgehead atoms. The maximum Gasteiger partial charge on any atom is 0.265 e. The van der Waals surface area contributed by atoms with Gasteiger partial charge in [-0.15, -0.1) is 0 Å². The SMILES string of the molecule is CCc1ccc2c(c1)-c1ccccc1S(=O)(=O)N2CC(=O)N[C@H](C)CC. The minimum Gasteiger partial charge on any atom is -0.352 e. The highest BCUT2D eigenvalue weighted by Gasteiger charge is 2.35. The number of sulfonamides is 1. The Balaban J connectivity index is 2.10. The molecule has 0 spiro atoms. The average molecular weight is 372 g/mol. The summed E-state index contributed by atoms with van der Waals surface area (Å²) in [5, 5.41) is 2.85. The van der Waals surface area contributed by atoms with Gasteiger partial charge in [-0.2, -0.15) is 0 Å². The largest absolute Gasteiger partial charge is 0.352 e. The molecule has 0 fully saturated rings. The Bertz CT molecular complexity index is 938. The van der Waals surface area contributed by atoms with Crippen LogP contribution in [0.1, 0.15) is 32.8 Å². The number of rotatable bonds is 5. The molecule has 3 rings (SSSR count). The van der Waals surface area contributed by atoms with E-state index in [0.29, 0.717) is 11.3 Å². The number of carbonyl (C=O) groups is 1. The second-order valence-corrected chi connectivity index (χ2v) is 8.42. The van der Waals surface area contributed by atoms with Gasteiger partial charge >= 0.3 is 0 Å². The van der Waals surface area contributed by atoms with Crippen LogP contribution in [0.4, 0.5) is 5.69 Å². The molecule has 0 aromatic heterocycles. The van der Waals surface area contributed by atoms with Crippen molar-refractivity contribution < 1.29 is 13.2 Å². The van der Waals surface area contributed by atoms with Gasteiger partial charge in [0.1, 0.15) is 6.54 Å². The molecule has 2 aromatic rings. The van der Waals surface area contributed by atoms with Crippen molar-refractivity contribution >= 4 is 21.6 Å². The zero-order valence-corrected chi connectivity index (χ0v) is 16.1. The first-order valence-corrected chi connectivity index (χ1v) is 10.4. The summed E-state index contributed by atoms with van der Waals surface area (Å²) in [5.41, 5.74) is 3.23. The van der Waals surface area contributed by atoms with Gasteiger partial charge in [0, 0.05) is 17.2 Å². The minimum absolute atomic E-state index is 0.00391. The molecule has 0 radical (unpaired) electrons. The van der Waals surface area contributed by atoms with E-state index < -0.39 is 10.0 Å². The Morgan fingerprint density at radius 3 is 2.54 bits per heavy atom. The molecule has 1 heterocycles. The number of benzene rings is 2. The van der Waals surface area contributed by atoms with Crippen molar-refractivity contribution in [3.63, 3.8) is 0 Å². The predicted octanol–water partition coefficient (Wildman–Crippen LogP) is 3.34. The molecule has 1 aliphatic heterocycles. The number of fused-ring (bicyclic) bond motifs is 3. The Hall–Kier alpha value is -2.34. The summed E-state index contributed by atoms with van der Waals surface area (Å²) in [4.78, 5) is 12.6. The fraction of sp³-hybridized carbons (Fsp3) is 0.350. The lowest BCUT2D eigenvalue weighted by Crippen LogP contribution is -2.44. The van der Waals surface area contributed by atoms with Crippen molar-refractivity contribution in [1.82, 2.24) is 5.32 Å². The molecule has 1 atom stereocenters. The molecule has 6 heteroatoms. The van der Waals surface area contributed by atoms with E-state index in [0.717, 1.165) is 24.0 Å². The molecule has 26 heavy (non-hydrogen) atoms. The second kappa shape index (κ2) is 7.11. The molecule has 5 nitrogen and oxygen atoms in total. The van der Waals surface area contributed by atoms with Gasteiger partial charge in [-0.3, -0.25) is 9.10 Å². The fourth-order valence-corrected chi connectivity index (χ4v) is 4.77. The van der Waals surface area contributed by atoms with Crippen LogP contribution >= 0.6 is 0 Å². The molecule has 1 amide bonds. The molecule has 2 aromatic carbocycles. The zero-order chi connectivity index (χ0) is 18.9. The molecular weight excluding hydrogens is 348 g/mol. The van der Waals surface area contributed by atoms with Crippen molar-refractivity contribution in [2.75, 3.05) is 10.8 Å². The third-order valence-electron chi connectivity index (χ3n) is 4.79. The smallest absolute Gasteiger partial charge is 0.265 e. The van der Waals surface area contributed by atoms with Crippen LogP contribution in [0, 0.1) is 0 Å². The molecule has 0 aliphatic carbocycles. The third-order valence-corrected chi connectivity index (χ3v) is 6.61. The van der Waals surface area contributed by atoms with Crippen LogP contribution in [0.2, 0.25) is 0 Å². The van der Waals surface area contributed by atoms with Gasteiger partial charge in [-0.25, -0.2) is 8.42 Å². The third kappa shape index (κ3) is 3.21. The number of aryl methyl sites for hydroxylation is 1. The van der Waals surface area contributed by atoms with Crippen molar-refractivity contribution in [1.29, 1.82) is 0 Å². The summed E-state index contributed by atoms with van der Waals surface area (Å²) >= 11 is 0. The number of anilines is 1. The van der Waals surface area contributed by atoms with Crippen LogP contribution in [-0.2, 0) is 21.2 Å². The van der Waals surface area contributed by atoms with E-state index >= 15 is 0 Å². The van der Waals surface area contributed by atoms with Crippen molar-refractivity contribution in [2.45, 2.75) is 44.6 Å². The Labute approximate surface area is 155 Å². The summed E-state index contributed by atoms with van der Waals surface area (Å²) < 4.78 is 27.5. The van der Waals surface area contributed by atoms with Crippen LogP contribution < -0.4 is 9.62 Å². The monoisotopic (exact) mass is 372 g/mol. The first kappa shape index (κ1) is 18.5. The standard InChI is InChI=1S/C20H24N2O3S/c1-4-14(3)21-20(23)13-22-18-11-10-15(5-2)12-17(18)16-8-6-7-9-19(16)26(22,24)25/h6-12,14H,4-5,13H2,1-3H3,(H,21,23)/t14-/m1/s1. The van der Waals surface area contributed by atoms with E-state index in [4.69, 9.17) is 0 Å². The maximum absolute atomic E-state index is 13.2. The Kier molecular flexibility index (Phi) is 5.05. The summed E-state index contributed by atoms with van der Waals surface area (Å²) in [6.45, 7) is 5.71. The highest BCUT2D eigenvalue weighted by Crippen LogP contribution is 2.43. The van der Waals surface area contributed by atoms with E-state index in [2.05, 4.69) is 12.2 Å². The molecular formula is C20H24N2O3S. The Morgan fingerprint density at radius 2 is 1.85 bits per heavy atom. The zero-order valence-electron chi connectivity index (χ0n) is 15.3. The molecule has 138 valence electrons. The van der Waals surface area contributed by atoms with Crippen LogP contribution in [0.3, 0.4) is 0 Å². The summed E-state index contributed by atoms with van der Waals surface area (Å²) in [6.07, 6.45) is 1.65. The van der Waals surface area contributed by atoms with Gasteiger partial charge in [0.05, 0.1) is 10.6 Å². The first-order chi connectivity index (χ1) is 12.4.